The molecule has 0 atom stereocenters. The minimum absolute atomic E-state index is 0.0377. The van der Waals surface area contributed by atoms with Crippen LogP contribution in [0.1, 0.15) is 15.9 Å². The van der Waals surface area contributed by atoms with Gasteiger partial charge in [0.25, 0.3) is 5.91 Å². The molecule has 18 heavy (non-hydrogen) atoms. The van der Waals surface area contributed by atoms with Gasteiger partial charge in [-0.1, -0.05) is 11.8 Å². The number of amides is 1. The molecule has 0 unspecified atom stereocenters. The Bertz CT molecular complexity index is 491. The molecule has 1 rings (SSSR count). The molecule has 0 saturated heterocycles. The zero-order valence-corrected chi connectivity index (χ0v) is 10.1. The molecule has 0 aliphatic rings. The first-order valence-electron chi connectivity index (χ1n) is 5.45. The van der Waals surface area contributed by atoms with Gasteiger partial charge in [0, 0.05) is 19.2 Å². The summed E-state index contributed by atoms with van der Waals surface area (Å²) in [5.41, 5.74) is 5.65. The van der Waals surface area contributed by atoms with Crippen molar-refractivity contribution in [3.8, 4) is 11.8 Å². The van der Waals surface area contributed by atoms with Crippen molar-refractivity contribution in [3.63, 3.8) is 0 Å². The Hall–Kier alpha value is -1.90. The number of carbonyl (C=O) groups excluding carboxylic acids is 1. The normalized spacial score (nSPS) is 9.56. The minimum atomic E-state index is -0.631. The van der Waals surface area contributed by atoms with E-state index in [1.54, 1.807) is 6.07 Å². The van der Waals surface area contributed by atoms with Crippen LogP contribution in [0.15, 0.2) is 18.2 Å². The smallest absolute Gasteiger partial charge is 0.256 e. The van der Waals surface area contributed by atoms with Crippen LogP contribution in [-0.4, -0.2) is 42.7 Å². The van der Waals surface area contributed by atoms with Crippen molar-refractivity contribution >= 4 is 5.91 Å². The highest BCUT2D eigenvalue weighted by molar-refractivity contribution is 5.94. The predicted octanol–water partition coefficient (Wildman–Crippen LogP) is 0.200. The number of hydrogen-bond acceptors (Lipinski definition) is 3. The monoisotopic (exact) mass is 250 g/mol. The molecule has 0 fully saturated rings. The number of aliphatic hydroxyl groups is 1. The lowest BCUT2D eigenvalue weighted by Crippen LogP contribution is -2.30. The standard InChI is InChI=1S/C13H15FN2O2/c1-16(7-8-17)13(18)11-5-4-10(3-2-6-15)9-12(11)14/h4-5,9,17H,6-8,15H2,1H3. The number of nitrogens with two attached hydrogens (primary N) is 1. The number of rotatable bonds is 3. The summed E-state index contributed by atoms with van der Waals surface area (Å²) in [6.45, 7) is 0.193. The summed E-state index contributed by atoms with van der Waals surface area (Å²) in [4.78, 5) is 13.1. The summed E-state index contributed by atoms with van der Waals surface area (Å²) in [7, 11) is 1.50. The van der Waals surface area contributed by atoms with Gasteiger partial charge in [0.1, 0.15) is 5.82 Å². The van der Waals surface area contributed by atoms with Crippen LogP contribution in [0, 0.1) is 17.7 Å². The van der Waals surface area contributed by atoms with Gasteiger partial charge in [0.2, 0.25) is 0 Å². The molecule has 0 heterocycles. The van der Waals surface area contributed by atoms with E-state index in [0.29, 0.717) is 5.56 Å². The molecule has 0 bridgehead atoms. The number of aliphatic hydroxyl groups excluding tert-OH is 1. The van der Waals surface area contributed by atoms with Crippen LogP contribution in [-0.2, 0) is 0 Å². The van der Waals surface area contributed by atoms with E-state index in [1.165, 1.54) is 24.1 Å². The summed E-state index contributed by atoms with van der Waals surface area (Å²) in [5.74, 6) is 4.19. The van der Waals surface area contributed by atoms with Crippen molar-refractivity contribution in [1.82, 2.24) is 4.90 Å². The molecule has 1 aromatic carbocycles. The Labute approximate surface area is 105 Å². The van der Waals surface area contributed by atoms with Crippen LogP contribution < -0.4 is 5.73 Å². The molecule has 96 valence electrons. The Morgan fingerprint density at radius 1 is 1.56 bits per heavy atom. The van der Waals surface area contributed by atoms with Crippen molar-refractivity contribution in [2.45, 2.75) is 0 Å². The van der Waals surface area contributed by atoms with Crippen LogP contribution in [0.3, 0.4) is 0 Å². The van der Waals surface area contributed by atoms with Crippen LogP contribution in [0.25, 0.3) is 0 Å². The molecule has 0 radical (unpaired) electrons. The zero-order valence-electron chi connectivity index (χ0n) is 10.1. The largest absolute Gasteiger partial charge is 0.395 e. The summed E-state index contributed by atoms with van der Waals surface area (Å²) in [6, 6.07) is 4.14. The van der Waals surface area contributed by atoms with Gasteiger partial charge in [-0.25, -0.2) is 4.39 Å². The highest BCUT2D eigenvalue weighted by Gasteiger charge is 2.15. The number of nitrogens with zero attached hydrogens (tertiary/aromatic N) is 1. The quantitative estimate of drug-likeness (QED) is 0.753. The van der Waals surface area contributed by atoms with E-state index in [9.17, 15) is 9.18 Å². The van der Waals surface area contributed by atoms with Gasteiger partial charge in [-0.3, -0.25) is 4.79 Å². The molecule has 1 amide bonds. The van der Waals surface area contributed by atoms with E-state index in [-0.39, 0.29) is 25.3 Å². The summed E-state index contributed by atoms with van der Waals surface area (Å²) in [5, 5.41) is 8.73. The lowest BCUT2D eigenvalue weighted by Gasteiger charge is -2.15. The zero-order chi connectivity index (χ0) is 13.5. The second kappa shape index (κ2) is 6.74. The Balaban J connectivity index is 2.95. The maximum Gasteiger partial charge on any atom is 0.256 e. The first kappa shape index (κ1) is 14.2. The highest BCUT2D eigenvalue weighted by Crippen LogP contribution is 2.12. The first-order chi connectivity index (χ1) is 8.60. The van der Waals surface area contributed by atoms with Crippen molar-refractivity contribution in [3.05, 3.63) is 35.1 Å². The van der Waals surface area contributed by atoms with Gasteiger partial charge in [-0.2, -0.15) is 0 Å². The van der Waals surface area contributed by atoms with Gasteiger partial charge in [-0.15, -0.1) is 0 Å². The van der Waals surface area contributed by atoms with Gasteiger partial charge < -0.3 is 15.7 Å². The topological polar surface area (TPSA) is 66.6 Å². The summed E-state index contributed by atoms with van der Waals surface area (Å²) < 4.78 is 13.7. The maximum absolute atomic E-state index is 13.7. The lowest BCUT2D eigenvalue weighted by molar-refractivity contribution is 0.0762. The fourth-order valence-corrected chi connectivity index (χ4v) is 1.38. The van der Waals surface area contributed by atoms with Crippen molar-refractivity contribution < 1.29 is 14.3 Å². The van der Waals surface area contributed by atoms with Gasteiger partial charge in [-0.05, 0) is 18.2 Å². The lowest BCUT2D eigenvalue weighted by atomic mass is 10.1. The molecule has 5 heteroatoms. The van der Waals surface area contributed by atoms with E-state index in [4.69, 9.17) is 10.8 Å². The van der Waals surface area contributed by atoms with Crippen LogP contribution in [0.4, 0.5) is 4.39 Å². The average Bonchev–Trinajstić information content (AvgIpc) is 2.36. The van der Waals surface area contributed by atoms with E-state index < -0.39 is 11.7 Å². The molecule has 0 aliphatic heterocycles. The Morgan fingerprint density at radius 3 is 2.83 bits per heavy atom. The summed E-state index contributed by atoms with van der Waals surface area (Å²) >= 11 is 0. The van der Waals surface area contributed by atoms with Gasteiger partial charge >= 0.3 is 0 Å². The van der Waals surface area contributed by atoms with Crippen LogP contribution >= 0.6 is 0 Å². The molecule has 0 aromatic heterocycles. The molecule has 1 aromatic rings. The molecule has 0 aliphatic carbocycles. The number of hydrogen-bond donors (Lipinski definition) is 2. The van der Waals surface area contributed by atoms with E-state index >= 15 is 0 Å². The SMILES string of the molecule is CN(CCO)C(=O)c1ccc(C#CCN)cc1F. The fourth-order valence-electron chi connectivity index (χ4n) is 1.38. The molecular weight excluding hydrogens is 235 g/mol. The fraction of sp³-hybridized carbons (Fsp3) is 0.308. The van der Waals surface area contributed by atoms with E-state index in [0.717, 1.165) is 0 Å². The van der Waals surface area contributed by atoms with E-state index in [2.05, 4.69) is 11.8 Å². The number of likely N-dealkylation sites (N-methyl/N-ethyl adjacent to an activating group) is 1. The molecular formula is C13H15FN2O2. The van der Waals surface area contributed by atoms with Crippen molar-refractivity contribution in [2.75, 3.05) is 26.7 Å². The van der Waals surface area contributed by atoms with Crippen LogP contribution in [0.2, 0.25) is 0 Å². The van der Waals surface area contributed by atoms with Crippen molar-refractivity contribution in [2.24, 2.45) is 5.73 Å². The highest BCUT2D eigenvalue weighted by atomic mass is 19.1. The van der Waals surface area contributed by atoms with Gasteiger partial charge in [0.15, 0.2) is 0 Å². The van der Waals surface area contributed by atoms with Gasteiger partial charge in [0.05, 0.1) is 18.7 Å². The Morgan fingerprint density at radius 2 is 2.28 bits per heavy atom. The third-order valence-electron chi connectivity index (χ3n) is 2.32. The minimum Gasteiger partial charge on any atom is -0.395 e. The summed E-state index contributed by atoms with van der Waals surface area (Å²) in [6.07, 6.45) is 0. The second-order valence-corrected chi connectivity index (χ2v) is 3.65. The molecule has 4 nitrogen and oxygen atoms in total. The number of benzene rings is 1. The predicted molar refractivity (Wildman–Crippen MR) is 66.4 cm³/mol. The third-order valence-corrected chi connectivity index (χ3v) is 2.32. The third kappa shape index (κ3) is 3.55. The number of halogens is 1. The second-order valence-electron chi connectivity index (χ2n) is 3.65. The van der Waals surface area contributed by atoms with Crippen LogP contribution in [0.5, 0.6) is 0 Å². The molecule has 0 saturated carbocycles. The average molecular weight is 250 g/mol. The Kier molecular flexibility index (Phi) is 5.31. The molecule has 3 N–H and O–H groups in total. The number of carbonyl (C=O) groups is 1. The van der Waals surface area contributed by atoms with E-state index in [1.807, 2.05) is 0 Å². The van der Waals surface area contributed by atoms with Crippen molar-refractivity contribution in [1.29, 1.82) is 0 Å². The first-order valence-corrected chi connectivity index (χ1v) is 5.45. The maximum atomic E-state index is 13.7. The molecule has 0 spiro atoms.